The summed E-state index contributed by atoms with van der Waals surface area (Å²) < 4.78 is 38.6. The Kier molecular flexibility index (Phi) is 9.48. The van der Waals surface area contributed by atoms with E-state index in [1.165, 1.54) is 12.4 Å². The van der Waals surface area contributed by atoms with Gasteiger partial charge in [-0.1, -0.05) is 45.8 Å². The number of hydrogen-bond acceptors (Lipinski definition) is 12. The van der Waals surface area contributed by atoms with Crippen LogP contribution < -0.4 is 0 Å². The number of thiophene rings is 1. The number of H-pyrrole nitrogens is 1. The number of benzene rings is 1. The molecule has 0 unspecified atom stereocenters. The van der Waals surface area contributed by atoms with Gasteiger partial charge >= 0.3 is 0 Å². The highest BCUT2D eigenvalue weighted by Gasteiger charge is 2.19. The van der Waals surface area contributed by atoms with Crippen molar-refractivity contribution in [3.8, 4) is 33.6 Å². The van der Waals surface area contributed by atoms with E-state index in [0.29, 0.717) is 28.9 Å². The Labute approximate surface area is 276 Å². The average molecular weight is 696 g/mol. The number of alkyl halides is 1. The summed E-state index contributed by atoms with van der Waals surface area (Å²) in [5, 5.41) is 19.2. The van der Waals surface area contributed by atoms with Gasteiger partial charge in [-0.15, -0.1) is 33.1 Å². The number of thioether (sulfide) groups is 1. The standard InChI is InChI=1S/C15H14N6OS2.C14H12ClN3O3S/c1-2-21-13(11-4-3-7-23-11)18-19-15(21)24-9-12-17-14(22-20-12)10-5-6-16-8-10;1-10-2-4-12(5-3-10)22(19,20)18-7-6-11(9-18)14-16-13(8-15)17-21-14/h3-8,16H,2,9H2,1H3;2-7,9H,8H2,1H3. The summed E-state index contributed by atoms with van der Waals surface area (Å²) in [6.45, 7) is 4.79. The highest BCUT2D eigenvalue weighted by atomic mass is 35.5. The van der Waals surface area contributed by atoms with Crippen molar-refractivity contribution in [1.29, 1.82) is 0 Å². The Morgan fingerprint density at radius 3 is 2.41 bits per heavy atom. The van der Waals surface area contributed by atoms with Crippen LogP contribution in [-0.2, 0) is 28.2 Å². The molecular weight excluding hydrogens is 670 g/mol. The second-order valence-corrected chi connectivity index (χ2v) is 13.6. The van der Waals surface area contributed by atoms with E-state index in [9.17, 15) is 8.42 Å². The lowest BCUT2D eigenvalue weighted by atomic mass is 10.2. The van der Waals surface area contributed by atoms with Crippen LogP contribution in [-0.4, -0.2) is 52.4 Å². The molecule has 0 amide bonds. The van der Waals surface area contributed by atoms with E-state index in [1.54, 1.807) is 53.4 Å². The maximum atomic E-state index is 12.5. The van der Waals surface area contributed by atoms with Gasteiger partial charge in [-0.25, -0.2) is 12.4 Å². The number of hydrogen-bond donors (Lipinski definition) is 1. The molecule has 46 heavy (non-hydrogen) atoms. The van der Waals surface area contributed by atoms with Crippen molar-refractivity contribution in [1.82, 2.24) is 44.0 Å². The Balaban J connectivity index is 0.000000162. The molecule has 0 saturated carbocycles. The van der Waals surface area contributed by atoms with Crippen molar-refractivity contribution in [2.24, 2.45) is 0 Å². The molecule has 0 radical (unpaired) electrons. The molecule has 0 fully saturated rings. The zero-order chi connectivity index (χ0) is 32.1. The fourth-order valence-corrected chi connectivity index (χ4v) is 7.06. The van der Waals surface area contributed by atoms with Crippen molar-refractivity contribution in [3.63, 3.8) is 0 Å². The first-order valence-corrected chi connectivity index (χ1v) is 17.6. The van der Waals surface area contributed by atoms with Gasteiger partial charge in [-0.2, -0.15) is 9.97 Å². The number of aromatic nitrogens is 9. The van der Waals surface area contributed by atoms with Gasteiger partial charge in [-0.05, 0) is 49.6 Å². The van der Waals surface area contributed by atoms with Crippen LogP contribution in [0.3, 0.4) is 0 Å². The van der Waals surface area contributed by atoms with Gasteiger partial charge in [0.25, 0.3) is 21.8 Å². The lowest BCUT2D eigenvalue weighted by molar-refractivity contribution is 0.425. The van der Waals surface area contributed by atoms with Gasteiger partial charge in [0.2, 0.25) is 0 Å². The zero-order valence-electron chi connectivity index (χ0n) is 24.4. The van der Waals surface area contributed by atoms with Crippen molar-refractivity contribution in [3.05, 3.63) is 95.9 Å². The maximum absolute atomic E-state index is 12.5. The first-order chi connectivity index (χ1) is 22.4. The van der Waals surface area contributed by atoms with Gasteiger partial charge < -0.3 is 18.6 Å². The number of aromatic amines is 1. The van der Waals surface area contributed by atoms with Crippen LogP contribution in [0.15, 0.2) is 97.8 Å². The van der Waals surface area contributed by atoms with E-state index in [4.69, 9.17) is 20.6 Å². The zero-order valence-corrected chi connectivity index (χ0v) is 27.6. The molecule has 0 atom stereocenters. The van der Waals surface area contributed by atoms with Crippen LogP contribution in [0.4, 0.5) is 0 Å². The first-order valence-electron chi connectivity index (χ1n) is 13.8. The second-order valence-electron chi connectivity index (χ2n) is 9.63. The van der Waals surface area contributed by atoms with Crippen LogP contribution in [0.2, 0.25) is 0 Å². The smallest absolute Gasteiger partial charge is 0.267 e. The SMILES string of the molecule is CCn1c(SCc2noc(-c3cc[nH]c3)n2)nnc1-c1cccs1.Cc1ccc(S(=O)(=O)n2ccc(-c3nc(CCl)no3)c2)cc1. The maximum Gasteiger partial charge on any atom is 0.267 e. The molecule has 6 heterocycles. The normalized spacial score (nSPS) is 11.5. The number of rotatable bonds is 10. The van der Waals surface area contributed by atoms with Crippen LogP contribution >= 0.6 is 34.7 Å². The van der Waals surface area contributed by atoms with Gasteiger partial charge in [-0.3, -0.25) is 0 Å². The molecular formula is C29H26ClN9O4S3. The third-order valence-corrected chi connectivity index (χ3v) is 10.2. The summed E-state index contributed by atoms with van der Waals surface area (Å²) in [4.78, 5) is 12.8. The molecule has 6 aromatic heterocycles. The van der Waals surface area contributed by atoms with Crippen LogP contribution in [0.1, 0.15) is 24.1 Å². The van der Waals surface area contributed by atoms with Crippen molar-refractivity contribution in [2.45, 2.75) is 42.1 Å². The predicted molar refractivity (Wildman–Crippen MR) is 174 cm³/mol. The van der Waals surface area contributed by atoms with Crippen molar-refractivity contribution >= 4 is 44.7 Å². The van der Waals surface area contributed by atoms with Gasteiger partial charge in [0.15, 0.2) is 22.6 Å². The molecule has 0 aliphatic rings. The third kappa shape index (κ3) is 6.84. The minimum Gasteiger partial charge on any atom is -0.367 e. The van der Waals surface area contributed by atoms with Gasteiger partial charge in [0, 0.05) is 31.3 Å². The fraction of sp³-hybridized carbons (Fsp3) is 0.172. The van der Waals surface area contributed by atoms with E-state index < -0.39 is 10.0 Å². The Bertz CT molecular complexity index is 2120. The minimum absolute atomic E-state index is 0.131. The quantitative estimate of drug-likeness (QED) is 0.122. The van der Waals surface area contributed by atoms with E-state index in [0.717, 1.165) is 37.5 Å². The summed E-state index contributed by atoms with van der Waals surface area (Å²) in [5.41, 5.74) is 2.39. The lowest BCUT2D eigenvalue weighted by Gasteiger charge is -2.05. The van der Waals surface area contributed by atoms with Gasteiger partial charge in [0.1, 0.15) is 0 Å². The molecule has 1 N–H and O–H groups in total. The Morgan fingerprint density at radius 1 is 0.978 bits per heavy atom. The molecule has 7 aromatic rings. The summed E-state index contributed by atoms with van der Waals surface area (Å²) in [5.74, 6) is 3.35. The molecule has 17 heteroatoms. The predicted octanol–water partition coefficient (Wildman–Crippen LogP) is 6.52. The molecule has 13 nitrogen and oxygen atoms in total. The van der Waals surface area contributed by atoms with Crippen molar-refractivity contribution < 1.29 is 17.5 Å². The van der Waals surface area contributed by atoms with Gasteiger partial charge in [0.05, 0.1) is 32.5 Å². The lowest BCUT2D eigenvalue weighted by Crippen LogP contribution is -2.10. The minimum atomic E-state index is -3.64. The average Bonchev–Trinajstić information content (AvgIpc) is 3.90. The number of nitrogens with one attached hydrogen (secondary N) is 1. The molecule has 236 valence electrons. The fourth-order valence-electron chi connectivity index (χ4n) is 4.19. The molecule has 0 aliphatic heterocycles. The number of halogens is 1. The topological polar surface area (TPSA) is 163 Å². The second kappa shape index (κ2) is 13.9. The van der Waals surface area contributed by atoms with Crippen LogP contribution in [0, 0.1) is 6.92 Å². The number of nitrogens with zero attached hydrogens (tertiary/aromatic N) is 8. The first kappa shape index (κ1) is 31.5. The van der Waals surface area contributed by atoms with E-state index in [-0.39, 0.29) is 16.7 Å². The molecule has 0 aliphatic carbocycles. The monoisotopic (exact) mass is 695 g/mol. The molecule has 0 spiro atoms. The summed E-state index contributed by atoms with van der Waals surface area (Å²) in [6.07, 6.45) is 6.52. The molecule has 1 aromatic carbocycles. The summed E-state index contributed by atoms with van der Waals surface area (Å²) in [7, 11) is -3.64. The largest absolute Gasteiger partial charge is 0.367 e. The molecule has 0 saturated heterocycles. The Hall–Kier alpha value is -4.51. The molecule has 7 rings (SSSR count). The summed E-state index contributed by atoms with van der Waals surface area (Å²) >= 11 is 8.83. The van der Waals surface area contributed by atoms with E-state index >= 15 is 0 Å². The number of aryl methyl sites for hydroxylation is 1. The van der Waals surface area contributed by atoms with E-state index in [2.05, 4.69) is 53.0 Å². The van der Waals surface area contributed by atoms with Crippen LogP contribution in [0.25, 0.3) is 33.6 Å². The molecule has 0 bridgehead atoms. The van der Waals surface area contributed by atoms with Crippen LogP contribution in [0.5, 0.6) is 0 Å². The summed E-state index contributed by atoms with van der Waals surface area (Å²) in [6, 6.07) is 14.2. The third-order valence-electron chi connectivity index (χ3n) is 6.52. The highest BCUT2D eigenvalue weighted by molar-refractivity contribution is 7.98. The Morgan fingerprint density at radius 2 is 1.74 bits per heavy atom. The van der Waals surface area contributed by atoms with E-state index in [1.807, 2.05) is 36.8 Å². The van der Waals surface area contributed by atoms with Crippen molar-refractivity contribution in [2.75, 3.05) is 0 Å². The highest BCUT2D eigenvalue weighted by Crippen LogP contribution is 2.29.